The third-order valence-electron chi connectivity index (χ3n) is 4.43. The van der Waals surface area contributed by atoms with Gasteiger partial charge in [0.1, 0.15) is 6.33 Å². The van der Waals surface area contributed by atoms with Crippen LogP contribution in [-0.2, 0) is 11.8 Å². The molecule has 0 unspecified atom stereocenters. The number of hydrogen-bond donors (Lipinski definition) is 1. The third kappa shape index (κ3) is 3.79. The highest BCUT2D eigenvalue weighted by Crippen LogP contribution is 2.20. The van der Waals surface area contributed by atoms with Crippen LogP contribution in [0.2, 0.25) is 0 Å². The predicted octanol–water partition coefficient (Wildman–Crippen LogP) is 1.87. The van der Waals surface area contributed by atoms with E-state index in [0.29, 0.717) is 17.1 Å². The summed E-state index contributed by atoms with van der Waals surface area (Å²) in [5.41, 5.74) is 1.79. The third-order valence-corrected chi connectivity index (χ3v) is 4.43. The van der Waals surface area contributed by atoms with Gasteiger partial charge >= 0.3 is 0 Å². The van der Waals surface area contributed by atoms with E-state index in [-0.39, 0.29) is 11.7 Å². The number of hydrogen-bond acceptors (Lipinski definition) is 6. The van der Waals surface area contributed by atoms with Crippen LogP contribution >= 0.6 is 0 Å². The number of anilines is 1. The first-order valence-corrected chi connectivity index (χ1v) is 8.84. The highest BCUT2D eigenvalue weighted by atomic mass is 16.2. The molecule has 2 aromatic heterocycles. The predicted molar refractivity (Wildman–Crippen MR) is 104 cm³/mol. The number of ketones is 1. The van der Waals surface area contributed by atoms with Crippen molar-refractivity contribution in [1.82, 2.24) is 29.8 Å². The molecule has 2 aromatic carbocycles. The fraction of sp³-hybridized carbons (Fsp3) is 0.100. The molecule has 0 saturated heterocycles. The molecule has 4 aromatic rings. The summed E-state index contributed by atoms with van der Waals surface area (Å²) >= 11 is 0. The van der Waals surface area contributed by atoms with E-state index in [9.17, 15) is 9.59 Å². The van der Waals surface area contributed by atoms with E-state index in [4.69, 9.17) is 0 Å². The zero-order valence-electron chi connectivity index (χ0n) is 15.5. The van der Waals surface area contributed by atoms with E-state index in [0.717, 1.165) is 5.56 Å². The summed E-state index contributed by atoms with van der Waals surface area (Å²) in [6.07, 6.45) is 4.68. The minimum absolute atomic E-state index is 0.189. The van der Waals surface area contributed by atoms with Gasteiger partial charge in [-0.2, -0.15) is 0 Å². The number of carbonyl (C=O) groups is 2. The lowest BCUT2D eigenvalue weighted by Gasteiger charge is -2.16. The summed E-state index contributed by atoms with van der Waals surface area (Å²) in [6, 6.07) is 15.2. The summed E-state index contributed by atoms with van der Waals surface area (Å²) in [7, 11) is 1.76. The van der Waals surface area contributed by atoms with Gasteiger partial charge in [0.25, 0.3) is 5.91 Å². The smallest absolute Gasteiger partial charge is 0.253 e. The maximum atomic E-state index is 13.0. The van der Waals surface area contributed by atoms with Crippen LogP contribution in [0, 0.1) is 0 Å². The van der Waals surface area contributed by atoms with Gasteiger partial charge in [0.2, 0.25) is 5.78 Å². The molecule has 0 saturated carbocycles. The van der Waals surface area contributed by atoms with Crippen molar-refractivity contribution in [3.63, 3.8) is 0 Å². The Bertz CT molecular complexity index is 1120. The maximum Gasteiger partial charge on any atom is 0.253 e. The van der Waals surface area contributed by atoms with Crippen molar-refractivity contribution in [1.29, 1.82) is 0 Å². The lowest BCUT2D eigenvalue weighted by Crippen LogP contribution is -2.27. The molecule has 9 nitrogen and oxygen atoms in total. The quantitative estimate of drug-likeness (QED) is 0.506. The van der Waals surface area contributed by atoms with Crippen molar-refractivity contribution in [3.05, 3.63) is 90.3 Å². The Morgan fingerprint density at radius 2 is 1.79 bits per heavy atom. The maximum absolute atomic E-state index is 13.0. The number of rotatable bonds is 6. The van der Waals surface area contributed by atoms with Crippen LogP contribution in [0.4, 0.5) is 5.69 Å². The van der Waals surface area contributed by atoms with Crippen molar-refractivity contribution in [2.45, 2.75) is 6.04 Å². The fourth-order valence-corrected chi connectivity index (χ4v) is 2.98. The van der Waals surface area contributed by atoms with Crippen LogP contribution in [0.25, 0.3) is 0 Å². The van der Waals surface area contributed by atoms with Gasteiger partial charge in [-0.1, -0.05) is 30.3 Å². The molecule has 0 spiro atoms. The zero-order chi connectivity index (χ0) is 20.2. The van der Waals surface area contributed by atoms with Gasteiger partial charge in [0, 0.05) is 30.7 Å². The average molecular weight is 387 g/mol. The van der Waals surface area contributed by atoms with E-state index in [1.165, 1.54) is 11.0 Å². The standard InChI is InChI=1S/C20H17N7O2/c1-26-12-11-21-19(26)18(28)15-7-9-16(10-8-15)23-20(29)17(27-13-22-24-25-27)14-5-3-2-4-6-14/h2-13,17H,1H3,(H,23,29)/t17-/m0/s1. The SMILES string of the molecule is Cn1ccnc1C(=O)c1ccc(NC(=O)[C@H](c2ccccc2)n2cnnn2)cc1. The van der Waals surface area contributed by atoms with E-state index < -0.39 is 6.04 Å². The topological polar surface area (TPSA) is 108 Å². The average Bonchev–Trinajstić information content (AvgIpc) is 3.41. The zero-order valence-corrected chi connectivity index (χ0v) is 15.5. The monoisotopic (exact) mass is 387 g/mol. The van der Waals surface area contributed by atoms with Crippen molar-refractivity contribution in [2.24, 2.45) is 7.05 Å². The molecule has 144 valence electrons. The Balaban J connectivity index is 1.54. The number of nitrogens with one attached hydrogen (secondary N) is 1. The van der Waals surface area contributed by atoms with E-state index >= 15 is 0 Å². The molecule has 0 bridgehead atoms. The molecule has 2 heterocycles. The molecule has 1 N–H and O–H groups in total. The Kier molecular flexibility index (Phi) is 4.93. The number of carbonyl (C=O) groups excluding carboxylic acids is 2. The van der Waals surface area contributed by atoms with Gasteiger partial charge in [0.15, 0.2) is 11.9 Å². The molecule has 4 rings (SSSR count). The largest absolute Gasteiger partial charge is 0.331 e. The summed E-state index contributed by atoms with van der Waals surface area (Å²) < 4.78 is 3.05. The summed E-state index contributed by atoms with van der Waals surface area (Å²) in [5.74, 6) is -0.137. The van der Waals surface area contributed by atoms with Gasteiger partial charge in [-0.15, -0.1) is 5.10 Å². The molecular weight excluding hydrogens is 370 g/mol. The normalized spacial score (nSPS) is 11.8. The molecule has 1 atom stereocenters. The molecule has 0 fully saturated rings. The van der Waals surface area contributed by atoms with Gasteiger partial charge in [-0.05, 0) is 40.3 Å². The minimum atomic E-state index is -0.722. The molecule has 0 radical (unpaired) electrons. The number of aryl methyl sites for hydroxylation is 1. The highest BCUT2D eigenvalue weighted by molar-refractivity contribution is 6.07. The number of nitrogens with zero attached hydrogens (tertiary/aromatic N) is 6. The Hall–Kier alpha value is -4.14. The van der Waals surface area contributed by atoms with Gasteiger partial charge < -0.3 is 9.88 Å². The minimum Gasteiger partial charge on any atom is -0.331 e. The van der Waals surface area contributed by atoms with E-state index in [1.807, 2.05) is 30.3 Å². The first-order valence-electron chi connectivity index (χ1n) is 8.84. The van der Waals surface area contributed by atoms with Crippen molar-refractivity contribution < 1.29 is 9.59 Å². The Morgan fingerprint density at radius 3 is 2.41 bits per heavy atom. The second kappa shape index (κ2) is 7.85. The Labute approximate surface area is 166 Å². The van der Waals surface area contributed by atoms with Crippen LogP contribution in [-0.4, -0.2) is 41.4 Å². The van der Waals surface area contributed by atoms with E-state index in [2.05, 4.69) is 25.8 Å². The number of amides is 1. The van der Waals surface area contributed by atoms with Crippen LogP contribution in [0.15, 0.2) is 73.3 Å². The second-order valence-corrected chi connectivity index (χ2v) is 6.36. The van der Waals surface area contributed by atoms with E-state index in [1.54, 1.807) is 48.3 Å². The summed E-state index contributed by atoms with van der Waals surface area (Å²) in [6.45, 7) is 0. The van der Waals surface area contributed by atoms with Gasteiger partial charge in [-0.25, -0.2) is 9.67 Å². The van der Waals surface area contributed by atoms with Crippen LogP contribution in [0.3, 0.4) is 0 Å². The highest BCUT2D eigenvalue weighted by Gasteiger charge is 2.24. The number of imidazole rings is 1. The van der Waals surface area contributed by atoms with Gasteiger partial charge in [0.05, 0.1) is 0 Å². The Morgan fingerprint density at radius 1 is 1.03 bits per heavy atom. The lowest BCUT2D eigenvalue weighted by molar-refractivity contribution is -0.118. The van der Waals surface area contributed by atoms with Crippen LogP contribution in [0.5, 0.6) is 0 Å². The van der Waals surface area contributed by atoms with Crippen molar-refractivity contribution in [3.8, 4) is 0 Å². The number of aromatic nitrogens is 6. The first-order chi connectivity index (χ1) is 14.1. The summed E-state index contributed by atoms with van der Waals surface area (Å²) in [4.78, 5) is 29.5. The summed E-state index contributed by atoms with van der Waals surface area (Å²) in [5, 5.41) is 14.0. The number of benzene rings is 2. The van der Waals surface area contributed by atoms with Crippen molar-refractivity contribution in [2.75, 3.05) is 5.32 Å². The molecule has 29 heavy (non-hydrogen) atoms. The lowest BCUT2D eigenvalue weighted by atomic mass is 10.1. The molecule has 0 aliphatic carbocycles. The van der Waals surface area contributed by atoms with Crippen LogP contribution in [0.1, 0.15) is 27.8 Å². The fourth-order valence-electron chi connectivity index (χ4n) is 2.98. The first kappa shape index (κ1) is 18.2. The second-order valence-electron chi connectivity index (χ2n) is 6.36. The molecule has 0 aliphatic heterocycles. The number of tetrazole rings is 1. The molecule has 9 heteroatoms. The molecular formula is C20H17N7O2. The van der Waals surface area contributed by atoms with Crippen LogP contribution < -0.4 is 5.32 Å². The van der Waals surface area contributed by atoms with Gasteiger partial charge in [-0.3, -0.25) is 9.59 Å². The van der Waals surface area contributed by atoms with Crippen molar-refractivity contribution >= 4 is 17.4 Å². The molecule has 1 amide bonds. The molecule has 0 aliphatic rings.